The number of likely N-dealkylation sites (tertiary alicyclic amines) is 1. The van der Waals surface area contributed by atoms with Gasteiger partial charge < -0.3 is 25.2 Å². The van der Waals surface area contributed by atoms with E-state index in [1.807, 2.05) is 91.0 Å². The Bertz CT molecular complexity index is 1950. The maximum atomic E-state index is 13.9. The minimum atomic E-state index is -1.04. The summed E-state index contributed by atoms with van der Waals surface area (Å²) in [5.74, 6) is -2.99. The molecule has 0 unspecified atom stereocenters. The quantitative estimate of drug-likeness (QED) is 0.0429. The summed E-state index contributed by atoms with van der Waals surface area (Å²) in [4.78, 5) is 39.8. The molecule has 1 aliphatic carbocycles. The van der Waals surface area contributed by atoms with Gasteiger partial charge in [-0.1, -0.05) is 91.4 Å². The fraction of sp³-hybridized carbons (Fsp3) is 0.326. The van der Waals surface area contributed by atoms with Crippen LogP contribution in [0.5, 0.6) is 11.5 Å². The van der Waals surface area contributed by atoms with Crippen molar-refractivity contribution in [3.8, 4) is 11.5 Å². The molecule has 52 heavy (non-hydrogen) atoms. The number of imide groups is 1. The summed E-state index contributed by atoms with van der Waals surface area (Å²) < 4.78 is 6.15. The van der Waals surface area contributed by atoms with E-state index in [1.54, 1.807) is 6.07 Å². The monoisotopic (exact) mass is 703 g/mol. The Kier molecular flexibility index (Phi) is 11.8. The molecule has 0 saturated carbocycles. The second-order valence-electron chi connectivity index (χ2n) is 13.6. The number of allylic oxidation sites excluding steroid dienone is 1. The number of carbonyl (C=O) groups is 3. The molecule has 1 aliphatic heterocycles. The van der Waals surface area contributed by atoms with E-state index in [4.69, 9.17) is 9.84 Å². The molecule has 270 valence electrons. The highest BCUT2D eigenvalue weighted by Crippen LogP contribution is 2.47. The van der Waals surface area contributed by atoms with Crippen molar-refractivity contribution in [1.82, 2.24) is 4.90 Å². The number of rotatable bonds is 16. The Labute approximate surface area is 303 Å². The van der Waals surface area contributed by atoms with E-state index < -0.39 is 36.4 Å². The van der Waals surface area contributed by atoms with Crippen LogP contribution in [-0.4, -0.2) is 69.0 Å². The van der Waals surface area contributed by atoms with Crippen LogP contribution in [0.4, 0.5) is 0 Å². The van der Waals surface area contributed by atoms with Gasteiger partial charge in [0.15, 0.2) is 0 Å². The standard InChI is InChI=1S/C43H45NO8/c45-26-36-40(38(47)22-19-29(28-12-4-1-5-13-28)24-30-20-21-37(46)34-17-10-9-16-33(30)34)31(27-52-32-14-6-2-7-15-32)25-35-41(36)43(51)44(42(35)50)23-11-3-8-18-39(48)49/h1-2,4-7,9-10,12-17,20-21,24,35-36,38,41,45-47H,3,8,11,18-19,22-23,25-27H2,(H,48,49)/b29-24-/t35-,36+,38-,41-/m1/s1. The van der Waals surface area contributed by atoms with Gasteiger partial charge in [0.2, 0.25) is 11.8 Å². The number of fused-ring (bicyclic) bond motifs is 2. The molecular weight excluding hydrogens is 658 g/mol. The number of benzene rings is 4. The summed E-state index contributed by atoms with van der Waals surface area (Å²) in [6.45, 7) is -0.143. The highest BCUT2D eigenvalue weighted by molar-refractivity contribution is 6.06. The molecule has 9 nitrogen and oxygen atoms in total. The van der Waals surface area contributed by atoms with Gasteiger partial charge in [-0.25, -0.2) is 0 Å². The number of hydrogen-bond acceptors (Lipinski definition) is 7. The molecule has 4 N–H and O–H groups in total. The number of aromatic hydroxyl groups is 1. The molecule has 4 atom stereocenters. The number of carbonyl (C=O) groups excluding carboxylic acids is 2. The predicted molar refractivity (Wildman–Crippen MR) is 199 cm³/mol. The summed E-state index contributed by atoms with van der Waals surface area (Å²) in [5.41, 5.74) is 4.12. The van der Waals surface area contributed by atoms with E-state index in [9.17, 15) is 29.7 Å². The molecular formula is C43H45NO8. The number of aliphatic carboxylic acids is 1. The zero-order valence-electron chi connectivity index (χ0n) is 29.1. The van der Waals surface area contributed by atoms with Gasteiger partial charge in [0.05, 0.1) is 24.5 Å². The molecule has 9 heteroatoms. The molecule has 0 bridgehead atoms. The first-order valence-electron chi connectivity index (χ1n) is 18.0. The molecule has 4 aromatic carbocycles. The van der Waals surface area contributed by atoms with E-state index in [0.29, 0.717) is 42.6 Å². The SMILES string of the molecule is O=C(O)CCCCCN1C(=O)[C@@H]2[C@@H](CC(COc3ccccc3)=C([C@H](O)CC/C(=C/c3ccc(O)c4ccccc34)c3ccccc3)[C@@H]2CO)C1=O. The largest absolute Gasteiger partial charge is 0.507 e. The Morgan fingerprint density at radius 1 is 0.846 bits per heavy atom. The van der Waals surface area contributed by atoms with Crippen LogP contribution in [0.1, 0.15) is 56.1 Å². The van der Waals surface area contributed by atoms with Crippen molar-refractivity contribution < 1.29 is 39.5 Å². The molecule has 6 rings (SSSR count). The van der Waals surface area contributed by atoms with Gasteiger partial charge in [-0.3, -0.25) is 19.3 Å². The fourth-order valence-electron chi connectivity index (χ4n) is 7.81. The Hall–Kier alpha value is -5.25. The number of carboxylic acid groups (broad SMARTS) is 1. The first-order valence-corrected chi connectivity index (χ1v) is 18.0. The summed E-state index contributed by atoms with van der Waals surface area (Å²) in [7, 11) is 0. The van der Waals surface area contributed by atoms with Crippen molar-refractivity contribution in [2.45, 2.75) is 51.0 Å². The van der Waals surface area contributed by atoms with Crippen LogP contribution in [0.3, 0.4) is 0 Å². The second-order valence-corrected chi connectivity index (χ2v) is 13.6. The topological polar surface area (TPSA) is 145 Å². The van der Waals surface area contributed by atoms with Gasteiger partial charge in [0.25, 0.3) is 0 Å². The maximum Gasteiger partial charge on any atom is 0.303 e. The molecule has 1 heterocycles. The number of carboxylic acids is 1. The number of amides is 2. The van der Waals surface area contributed by atoms with Crippen molar-refractivity contribution in [3.63, 3.8) is 0 Å². The van der Waals surface area contributed by atoms with Crippen LogP contribution in [0.2, 0.25) is 0 Å². The first kappa shape index (κ1) is 36.5. The van der Waals surface area contributed by atoms with Crippen molar-refractivity contribution in [2.75, 3.05) is 19.8 Å². The lowest BCUT2D eigenvalue weighted by atomic mass is 9.68. The third kappa shape index (κ3) is 8.11. The maximum absolute atomic E-state index is 13.9. The number of nitrogens with zero attached hydrogens (tertiary/aromatic N) is 1. The fourth-order valence-corrected chi connectivity index (χ4v) is 7.81. The second kappa shape index (κ2) is 16.8. The van der Waals surface area contributed by atoms with Crippen LogP contribution in [0, 0.1) is 17.8 Å². The summed E-state index contributed by atoms with van der Waals surface area (Å²) >= 11 is 0. The van der Waals surface area contributed by atoms with Crippen molar-refractivity contribution in [1.29, 1.82) is 0 Å². The minimum Gasteiger partial charge on any atom is -0.507 e. The van der Waals surface area contributed by atoms with Crippen LogP contribution in [0.15, 0.2) is 108 Å². The number of unbranched alkanes of at least 4 members (excludes halogenated alkanes) is 2. The van der Waals surface area contributed by atoms with Gasteiger partial charge in [-0.15, -0.1) is 0 Å². The zero-order valence-corrected chi connectivity index (χ0v) is 29.1. The van der Waals surface area contributed by atoms with E-state index in [0.717, 1.165) is 27.5 Å². The molecule has 0 spiro atoms. The molecule has 4 aromatic rings. The van der Waals surface area contributed by atoms with Crippen LogP contribution >= 0.6 is 0 Å². The minimum absolute atomic E-state index is 0.0301. The van der Waals surface area contributed by atoms with E-state index in [2.05, 4.69) is 6.08 Å². The Morgan fingerprint density at radius 3 is 2.25 bits per heavy atom. The van der Waals surface area contributed by atoms with Gasteiger partial charge in [-0.05, 0) is 83.5 Å². The van der Waals surface area contributed by atoms with E-state index in [1.165, 1.54) is 4.90 Å². The number of aliphatic hydroxyl groups is 2. The molecule has 2 amide bonds. The van der Waals surface area contributed by atoms with Crippen molar-refractivity contribution in [3.05, 3.63) is 119 Å². The zero-order chi connectivity index (χ0) is 36.6. The number of phenolic OH excluding ortho intramolecular Hbond substituents is 1. The molecule has 0 aromatic heterocycles. The first-order chi connectivity index (χ1) is 25.3. The van der Waals surface area contributed by atoms with Crippen molar-refractivity contribution >= 4 is 40.2 Å². The van der Waals surface area contributed by atoms with Gasteiger partial charge in [-0.2, -0.15) is 0 Å². The lowest BCUT2D eigenvalue weighted by molar-refractivity contribution is -0.141. The third-order valence-corrected chi connectivity index (χ3v) is 10.4. The number of aliphatic hydroxyl groups excluding tert-OH is 2. The highest BCUT2D eigenvalue weighted by Gasteiger charge is 2.54. The normalized spacial score (nSPS) is 19.6. The van der Waals surface area contributed by atoms with Gasteiger partial charge in [0, 0.05) is 24.3 Å². The third-order valence-electron chi connectivity index (χ3n) is 10.4. The molecule has 0 radical (unpaired) electrons. The van der Waals surface area contributed by atoms with E-state index >= 15 is 0 Å². The number of hydrogen-bond donors (Lipinski definition) is 4. The lowest BCUT2D eigenvalue weighted by Crippen LogP contribution is -2.40. The summed E-state index contributed by atoms with van der Waals surface area (Å²) in [6.07, 6.45) is 3.55. The van der Waals surface area contributed by atoms with E-state index in [-0.39, 0.29) is 50.0 Å². The Balaban J connectivity index is 1.29. The number of para-hydroxylation sites is 1. The number of phenols is 1. The summed E-state index contributed by atoms with van der Waals surface area (Å²) in [6, 6.07) is 30.3. The van der Waals surface area contributed by atoms with Gasteiger partial charge >= 0.3 is 5.97 Å². The molecule has 1 saturated heterocycles. The van der Waals surface area contributed by atoms with Crippen LogP contribution in [-0.2, 0) is 14.4 Å². The molecule has 1 fully saturated rings. The average molecular weight is 704 g/mol. The predicted octanol–water partition coefficient (Wildman–Crippen LogP) is 6.86. The van der Waals surface area contributed by atoms with Gasteiger partial charge in [0.1, 0.15) is 18.1 Å². The van der Waals surface area contributed by atoms with Crippen molar-refractivity contribution in [2.24, 2.45) is 17.8 Å². The smallest absolute Gasteiger partial charge is 0.303 e. The van der Waals surface area contributed by atoms with Crippen LogP contribution < -0.4 is 4.74 Å². The Morgan fingerprint density at radius 2 is 1.54 bits per heavy atom. The highest BCUT2D eigenvalue weighted by atomic mass is 16.5. The average Bonchev–Trinajstić information content (AvgIpc) is 3.40. The number of ether oxygens (including phenoxy) is 1. The van der Waals surface area contributed by atoms with Crippen LogP contribution in [0.25, 0.3) is 22.4 Å². The summed E-state index contributed by atoms with van der Waals surface area (Å²) in [5, 5.41) is 44.0. The lowest BCUT2D eigenvalue weighted by Gasteiger charge is -2.36. The molecule has 2 aliphatic rings.